The van der Waals surface area contributed by atoms with Crippen LogP contribution >= 0.6 is 0 Å². The number of aryl methyl sites for hydroxylation is 1. The highest BCUT2D eigenvalue weighted by Gasteiger charge is 2.14. The molecule has 0 amide bonds. The van der Waals surface area contributed by atoms with Gasteiger partial charge in [-0.3, -0.25) is 4.72 Å². The quantitative estimate of drug-likeness (QED) is 0.816. The van der Waals surface area contributed by atoms with Crippen LogP contribution in [0.2, 0.25) is 0 Å². The van der Waals surface area contributed by atoms with Crippen molar-refractivity contribution in [3.05, 3.63) is 29.3 Å². The van der Waals surface area contributed by atoms with Crippen LogP contribution in [0.1, 0.15) is 11.1 Å². The van der Waals surface area contributed by atoms with Crippen molar-refractivity contribution in [2.75, 3.05) is 18.8 Å². The number of nitrogens with one attached hydrogen (secondary N) is 1. The van der Waals surface area contributed by atoms with Crippen molar-refractivity contribution in [3.63, 3.8) is 0 Å². The number of benzene rings is 1. The van der Waals surface area contributed by atoms with E-state index in [0.29, 0.717) is 12.2 Å². The Kier molecular flexibility index (Phi) is 3.90. The minimum atomic E-state index is -3.46. The van der Waals surface area contributed by atoms with Gasteiger partial charge in [0.1, 0.15) is 0 Å². The molecule has 5 nitrogen and oxygen atoms in total. The summed E-state index contributed by atoms with van der Waals surface area (Å²) >= 11 is 0. The van der Waals surface area contributed by atoms with E-state index in [2.05, 4.69) is 4.72 Å². The van der Waals surface area contributed by atoms with Crippen molar-refractivity contribution < 1.29 is 8.42 Å². The topological polar surface area (TPSA) is 75.4 Å². The minimum absolute atomic E-state index is 0.386. The molecule has 0 atom stereocenters. The number of rotatable bonds is 4. The summed E-state index contributed by atoms with van der Waals surface area (Å²) in [7, 11) is -0.503. The van der Waals surface area contributed by atoms with Crippen LogP contribution < -0.4 is 10.5 Å². The van der Waals surface area contributed by atoms with Gasteiger partial charge in [0, 0.05) is 20.6 Å². The zero-order valence-corrected chi connectivity index (χ0v) is 10.5. The van der Waals surface area contributed by atoms with Crippen LogP contribution in [-0.4, -0.2) is 26.8 Å². The highest BCUT2D eigenvalue weighted by Crippen LogP contribution is 2.18. The van der Waals surface area contributed by atoms with Gasteiger partial charge in [0.25, 0.3) is 0 Å². The predicted molar refractivity (Wildman–Crippen MR) is 65.3 cm³/mol. The van der Waals surface area contributed by atoms with Gasteiger partial charge in [0.2, 0.25) is 0 Å². The maximum atomic E-state index is 11.6. The van der Waals surface area contributed by atoms with Gasteiger partial charge in [-0.1, -0.05) is 12.1 Å². The number of nitrogens with two attached hydrogens (primary N) is 1. The van der Waals surface area contributed by atoms with Crippen molar-refractivity contribution in [1.82, 2.24) is 4.31 Å². The molecule has 0 unspecified atom stereocenters. The van der Waals surface area contributed by atoms with Crippen molar-refractivity contribution in [3.8, 4) is 0 Å². The van der Waals surface area contributed by atoms with Crippen LogP contribution in [0.3, 0.4) is 0 Å². The maximum absolute atomic E-state index is 11.6. The number of anilines is 1. The lowest BCUT2D eigenvalue weighted by molar-refractivity contribution is 0.527. The number of nitrogens with zero attached hydrogens (tertiary/aromatic N) is 1. The SMILES string of the molecule is Cc1ccc(CN)cc1NS(=O)(=O)N(C)C. The molecule has 1 rings (SSSR count). The molecular formula is C10H17N3O2S. The summed E-state index contributed by atoms with van der Waals surface area (Å²) in [4.78, 5) is 0. The largest absolute Gasteiger partial charge is 0.326 e. The molecule has 3 N–H and O–H groups in total. The summed E-state index contributed by atoms with van der Waals surface area (Å²) in [5.41, 5.74) is 7.83. The van der Waals surface area contributed by atoms with Crippen LogP contribution in [0.5, 0.6) is 0 Å². The van der Waals surface area contributed by atoms with Gasteiger partial charge in [-0.2, -0.15) is 12.7 Å². The highest BCUT2D eigenvalue weighted by molar-refractivity contribution is 7.90. The van der Waals surface area contributed by atoms with Crippen molar-refractivity contribution in [2.45, 2.75) is 13.5 Å². The first-order chi connectivity index (χ1) is 7.36. The lowest BCUT2D eigenvalue weighted by Crippen LogP contribution is -2.29. The number of hydrogen-bond acceptors (Lipinski definition) is 3. The van der Waals surface area contributed by atoms with E-state index >= 15 is 0 Å². The zero-order chi connectivity index (χ0) is 12.3. The first-order valence-electron chi connectivity index (χ1n) is 4.86. The van der Waals surface area contributed by atoms with Gasteiger partial charge in [-0.25, -0.2) is 0 Å². The molecule has 1 aromatic carbocycles. The third kappa shape index (κ3) is 2.94. The Morgan fingerprint density at radius 2 is 2.00 bits per heavy atom. The van der Waals surface area contributed by atoms with Gasteiger partial charge >= 0.3 is 10.2 Å². The van der Waals surface area contributed by atoms with E-state index in [1.165, 1.54) is 14.1 Å². The first kappa shape index (κ1) is 13.0. The van der Waals surface area contributed by atoms with Crippen LogP contribution in [0.15, 0.2) is 18.2 Å². The molecule has 0 aliphatic heterocycles. The number of hydrogen-bond donors (Lipinski definition) is 2. The lowest BCUT2D eigenvalue weighted by Gasteiger charge is -2.15. The Morgan fingerprint density at radius 1 is 1.38 bits per heavy atom. The second kappa shape index (κ2) is 4.82. The molecule has 90 valence electrons. The average molecular weight is 243 g/mol. The molecular weight excluding hydrogens is 226 g/mol. The fraction of sp³-hybridized carbons (Fsp3) is 0.400. The van der Waals surface area contributed by atoms with E-state index in [1.54, 1.807) is 6.07 Å². The van der Waals surface area contributed by atoms with Crippen LogP contribution in [0.4, 0.5) is 5.69 Å². The van der Waals surface area contributed by atoms with E-state index in [9.17, 15) is 8.42 Å². The fourth-order valence-corrected chi connectivity index (χ4v) is 1.82. The second-order valence-electron chi connectivity index (χ2n) is 3.74. The standard InChI is InChI=1S/C10H17N3O2S/c1-8-4-5-9(7-11)6-10(8)12-16(14,15)13(2)3/h4-6,12H,7,11H2,1-3H3. The smallest absolute Gasteiger partial charge is 0.301 e. The Bertz CT molecular complexity index is 469. The summed E-state index contributed by atoms with van der Waals surface area (Å²) in [6, 6.07) is 5.47. The Hall–Kier alpha value is -1.11. The van der Waals surface area contributed by atoms with E-state index in [0.717, 1.165) is 15.4 Å². The molecule has 6 heteroatoms. The zero-order valence-electron chi connectivity index (χ0n) is 9.69. The van der Waals surface area contributed by atoms with Crippen molar-refractivity contribution >= 4 is 15.9 Å². The summed E-state index contributed by atoms with van der Waals surface area (Å²) in [5, 5.41) is 0. The molecule has 1 aromatic rings. The highest BCUT2D eigenvalue weighted by atomic mass is 32.2. The van der Waals surface area contributed by atoms with Crippen molar-refractivity contribution in [2.24, 2.45) is 5.73 Å². The molecule has 0 saturated heterocycles. The predicted octanol–water partition coefficient (Wildman–Crippen LogP) is 0.672. The monoisotopic (exact) mass is 243 g/mol. The van der Waals surface area contributed by atoms with Crippen LogP contribution in [0, 0.1) is 6.92 Å². The minimum Gasteiger partial charge on any atom is -0.326 e. The molecule has 0 aromatic heterocycles. The Labute approximate surface area is 96.4 Å². The van der Waals surface area contributed by atoms with E-state index in [1.807, 2.05) is 19.1 Å². The molecule has 0 spiro atoms. The van der Waals surface area contributed by atoms with Crippen LogP contribution in [-0.2, 0) is 16.8 Å². The van der Waals surface area contributed by atoms with Crippen LogP contribution in [0.25, 0.3) is 0 Å². The van der Waals surface area contributed by atoms with Gasteiger partial charge < -0.3 is 5.73 Å². The third-order valence-corrected chi connectivity index (χ3v) is 3.70. The van der Waals surface area contributed by atoms with E-state index in [-0.39, 0.29) is 0 Å². The van der Waals surface area contributed by atoms with E-state index < -0.39 is 10.2 Å². The normalized spacial score (nSPS) is 11.8. The summed E-state index contributed by atoms with van der Waals surface area (Å²) in [6.45, 7) is 2.23. The molecule has 0 aliphatic rings. The molecule has 0 fully saturated rings. The lowest BCUT2D eigenvalue weighted by atomic mass is 10.1. The summed E-state index contributed by atoms with van der Waals surface area (Å²) < 4.78 is 26.9. The second-order valence-corrected chi connectivity index (χ2v) is 5.63. The Morgan fingerprint density at radius 3 is 2.50 bits per heavy atom. The molecule has 0 radical (unpaired) electrons. The van der Waals surface area contributed by atoms with E-state index in [4.69, 9.17) is 5.73 Å². The molecule has 0 bridgehead atoms. The van der Waals surface area contributed by atoms with Gasteiger partial charge in [-0.15, -0.1) is 0 Å². The van der Waals surface area contributed by atoms with Gasteiger partial charge in [0.05, 0.1) is 5.69 Å². The maximum Gasteiger partial charge on any atom is 0.301 e. The summed E-state index contributed by atoms with van der Waals surface area (Å²) in [5.74, 6) is 0. The third-order valence-electron chi connectivity index (χ3n) is 2.26. The summed E-state index contributed by atoms with van der Waals surface area (Å²) in [6.07, 6.45) is 0. The Balaban J connectivity index is 3.06. The molecule has 0 heterocycles. The first-order valence-corrected chi connectivity index (χ1v) is 6.30. The van der Waals surface area contributed by atoms with Gasteiger partial charge in [-0.05, 0) is 24.1 Å². The fourth-order valence-electron chi connectivity index (χ4n) is 1.14. The van der Waals surface area contributed by atoms with Crippen molar-refractivity contribution in [1.29, 1.82) is 0 Å². The molecule has 0 saturated carbocycles. The average Bonchev–Trinajstić information content (AvgIpc) is 2.21. The van der Waals surface area contributed by atoms with Gasteiger partial charge in [0.15, 0.2) is 0 Å². The molecule has 16 heavy (non-hydrogen) atoms. The molecule has 0 aliphatic carbocycles.